The first kappa shape index (κ1) is 16.0. The highest BCUT2D eigenvalue weighted by Crippen LogP contribution is 2.37. The van der Waals surface area contributed by atoms with E-state index in [1.807, 2.05) is 23.1 Å². The van der Waals surface area contributed by atoms with Gasteiger partial charge in [-0.3, -0.25) is 4.79 Å². The van der Waals surface area contributed by atoms with Crippen LogP contribution < -0.4 is 15.0 Å². The quantitative estimate of drug-likeness (QED) is 0.827. The third kappa shape index (κ3) is 2.86. The maximum Gasteiger partial charge on any atom is 0.225 e. The van der Waals surface area contributed by atoms with Crippen LogP contribution in [0, 0.1) is 17.4 Å². The number of carbonyl (C=O) groups excluding carboxylic acids is 1. The number of hydrogen-bond acceptors (Lipinski definition) is 6. The lowest BCUT2D eigenvalue weighted by molar-refractivity contribution is -0.125. The first-order valence-corrected chi connectivity index (χ1v) is 8.94. The van der Waals surface area contributed by atoms with E-state index in [1.165, 1.54) is 0 Å². The number of pyridine rings is 1. The van der Waals surface area contributed by atoms with E-state index in [1.54, 1.807) is 7.11 Å². The second-order valence-corrected chi connectivity index (χ2v) is 7.13. The molecule has 1 aromatic heterocycles. The van der Waals surface area contributed by atoms with E-state index < -0.39 is 0 Å². The van der Waals surface area contributed by atoms with Crippen LogP contribution in [0.1, 0.15) is 25.7 Å². The molecule has 25 heavy (non-hydrogen) atoms. The van der Waals surface area contributed by atoms with Gasteiger partial charge in [0.1, 0.15) is 5.82 Å². The number of nitriles is 1. The van der Waals surface area contributed by atoms with E-state index in [9.17, 15) is 10.1 Å². The van der Waals surface area contributed by atoms with Crippen molar-refractivity contribution in [2.24, 2.45) is 5.92 Å². The predicted molar refractivity (Wildman–Crippen MR) is 91.9 cm³/mol. The Kier molecular flexibility index (Phi) is 4.12. The van der Waals surface area contributed by atoms with E-state index in [-0.39, 0.29) is 23.9 Å². The highest BCUT2D eigenvalue weighted by molar-refractivity contribution is 5.80. The van der Waals surface area contributed by atoms with Gasteiger partial charge in [-0.15, -0.1) is 0 Å². The molecule has 0 unspecified atom stereocenters. The molecule has 4 rings (SSSR count). The zero-order valence-corrected chi connectivity index (χ0v) is 14.4. The normalized spacial score (nSPS) is 30.4. The Hall–Kier alpha value is -2.49. The summed E-state index contributed by atoms with van der Waals surface area (Å²) < 4.78 is 5.18. The molecule has 7 nitrogen and oxygen atoms in total. The average Bonchev–Trinajstić information content (AvgIpc) is 3.35. The van der Waals surface area contributed by atoms with Gasteiger partial charge in [0.2, 0.25) is 11.8 Å². The SMILES string of the molecule is COc1cccc(N2CC[C@H](C(=O)N[C@@H]3C[C@@H]4CC[C@H]3N4C#N)C2)n1. The number of ether oxygens (including phenoxy) is 1. The molecule has 0 aromatic carbocycles. The number of amides is 1. The summed E-state index contributed by atoms with van der Waals surface area (Å²) in [5, 5.41) is 12.5. The maximum atomic E-state index is 12.7. The fourth-order valence-electron chi connectivity index (χ4n) is 4.48. The van der Waals surface area contributed by atoms with Crippen LogP contribution in [0.2, 0.25) is 0 Å². The summed E-state index contributed by atoms with van der Waals surface area (Å²) >= 11 is 0. The van der Waals surface area contributed by atoms with Crippen molar-refractivity contribution in [1.29, 1.82) is 5.26 Å². The topological polar surface area (TPSA) is 81.5 Å². The molecule has 0 aliphatic carbocycles. The Bertz CT molecular complexity index is 703. The first-order chi connectivity index (χ1) is 12.2. The van der Waals surface area contributed by atoms with Crippen molar-refractivity contribution in [3.8, 4) is 12.1 Å². The summed E-state index contributed by atoms with van der Waals surface area (Å²) in [7, 11) is 1.60. The van der Waals surface area contributed by atoms with E-state index >= 15 is 0 Å². The van der Waals surface area contributed by atoms with E-state index in [4.69, 9.17) is 4.74 Å². The predicted octanol–water partition coefficient (Wildman–Crippen LogP) is 1.12. The van der Waals surface area contributed by atoms with Gasteiger partial charge in [0, 0.05) is 25.2 Å². The lowest BCUT2D eigenvalue weighted by Gasteiger charge is -2.24. The van der Waals surface area contributed by atoms with Crippen molar-refractivity contribution in [3.05, 3.63) is 18.2 Å². The van der Waals surface area contributed by atoms with E-state index in [0.29, 0.717) is 18.5 Å². The molecule has 1 N–H and O–H groups in total. The lowest BCUT2D eigenvalue weighted by Crippen LogP contribution is -2.46. The molecule has 7 heteroatoms. The minimum absolute atomic E-state index is 0.0253. The maximum absolute atomic E-state index is 12.7. The van der Waals surface area contributed by atoms with Gasteiger partial charge in [0.05, 0.1) is 25.1 Å². The fraction of sp³-hybridized carbons (Fsp3) is 0.611. The molecule has 3 saturated heterocycles. The molecule has 2 bridgehead atoms. The van der Waals surface area contributed by atoms with Crippen molar-refractivity contribution in [2.75, 3.05) is 25.1 Å². The Morgan fingerprint density at radius 2 is 2.28 bits per heavy atom. The van der Waals surface area contributed by atoms with Crippen LogP contribution in [0.4, 0.5) is 5.82 Å². The summed E-state index contributed by atoms with van der Waals surface area (Å²) in [6.07, 6.45) is 6.10. The molecule has 3 fully saturated rings. The van der Waals surface area contributed by atoms with Crippen LogP contribution in [0.3, 0.4) is 0 Å². The molecule has 4 heterocycles. The van der Waals surface area contributed by atoms with Gasteiger partial charge in [-0.05, 0) is 31.7 Å². The smallest absolute Gasteiger partial charge is 0.225 e. The Morgan fingerprint density at radius 3 is 3.04 bits per heavy atom. The van der Waals surface area contributed by atoms with Crippen molar-refractivity contribution in [2.45, 2.75) is 43.8 Å². The van der Waals surface area contributed by atoms with Crippen molar-refractivity contribution in [1.82, 2.24) is 15.2 Å². The third-order valence-corrected chi connectivity index (χ3v) is 5.78. The minimum atomic E-state index is -0.0253. The number of hydrogen-bond donors (Lipinski definition) is 1. The Morgan fingerprint density at radius 1 is 1.40 bits per heavy atom. The summed E-state index contributed by atoms with van der Waals surface area (Å²) in [6.45, 7) is 1.49. The molecule has 4 atom stereocenters. The summed E-state index contributed by atoms with van der Waals surface area (Å²) in [5.41, 5.74) is 0. The van der Waals surface area contributed by atoms with Gasteiger partial charge in [-0.1, -0.05) is 6.07 Å². The molecule has 1 aromatic rings. The van der Waals surface area contributed by atoms with Crippen LogP contribution in [-0.4, -0.2) is 54.1 Å². The number of methoxy groups -OCH3 is 1. The highest BCUT2D eigenvalue weighted by atomic mass is 16.5. The minimum Gasteiger partial charge on any atom is -0.481 e. The Balaban J connectivity index is 1.36. The van der Waals surface area contributed by atoms with E-state index in [2.05, 4.69) is 21.4 Å². The monoisotopic (exact) mass is 341 g/mol. The van der Waals surface area contributed by atoms with Gasteiger partial charge in [0.15, 0.2) is 6.19 Å². The molecule has 3 aliphatic heterocycles. The summed E-state index contributed by atoms with van der Waals surface area (Å²) in [5.74, 6) is 1.53. The molecular weight excluding hydrogens is 318 g/mol. The molecule has 0 spiro atoms. The Labute approximate surface area is 147 Å². The molecule has 0 saturated carbocycles. The standard InChI is InChI=1S/C18H23N5O2/c1-25-17-4-2-3-16(21-17)22-8-7-12(10-22)18(24)20-14-9-13-5-6-15(14)23(13)11-19/h2-4,12-15H,5-10H2,1H3,(H,20,24)/t12-,13-,14+,15+/m0/s1. The molecule has 1 amide bonds. The van der Waals surface area contributed by atoms with Crippen LogP contribution in [-0.2, 0) is 4.79 Å². The van der Waals surface area contributed by atoms with Crippen molar-refractivity contribution >= 4 is 11.7 Å². The van der Waals surface area contributed by atoms with Gasteiger partial charge < -0.3 is 19.9 Å². The highest BCUT2D eigenvalue weighted by Gasteiger charge is 2.47. The number of nitrogens with zero attached hydrogens (tertiary/aromatic N) is 4. The second kappa shape index (κ2) is 6.43. The van der Waals surface area contributed by atoms with Crippen molar-refractivity contribution in [3.63, 3.8) is 0 Å². The van der Waals surface area contributed by atoms with Gasteiger partial charge in [0.25, 0.3) is 0 Å². The number of aromatic nitrogens is 1. The average molecular weight is 341 g/mol. The zero-order chi connectivity index (χ0) is 17.4. The molecular formula is C18H23N5O2. The number of fused-ring (bicyclic) bond motifs is 2. The third-order valence-electron chi connectivity index (χ3n) is 5.78. The van der Waals surface area contributed by atoms with Gasteiger partial charge in [-0.25, -0.2) is 0 Å². The zero-order valence-electron chi connectivity index (χ0n) is 14.4. The second-order valence-electron chi connectivity index (χ2n) is 7.13. The van der Waals surface area contributed by atoms with Gasteiger partial charge >= 0.3 is 0 Å². The van der Waals surface area contributed by atoms with Crippen LogP contribution in [0.25, 0.3) is 0 Å². The first-order valence-electron chi connectivity index (χ1n) is 8.94. The molecule has 0 radical (unpaired) electrons. The molecule has 132 valence electrons. The number of rotatable bonds is 4. The van der Waals surface area contributed by atoms with Crippen LogP contribution in [0.15, 0.2) is 18.2 Å². The fourth-order valence-corrected chi connectivity index (χ4v) is 4.48. The summed E-state index contributed by atoms with van der Waals surface area (Å²) in [6, 6.07) is 6.32. The number of anilines is 1. The number of carbonyl (C=O) groups is 1. The van der Waals surface area contributed by atoms with Crippen molar-refractivity contribution < 1.29 is 9.53 Å². The number of nitrogens with one attached hydrogen (secondary N) is 1. The van der Waals surface area contributed by atoms with Crippen LogP contribution in [0.5, 0.6) is 5.88 Å². The largest absolute Gasteiger partial charge is 0.481 e. The summed E-state index contributed by atoms with van der Waals surface area (Å²) in [4.78, 5) is 21.2. The van der Waals surface area contributed by atoms with Crippen LogP contribution >= 0.6 is 0 Å². The lowest BCUT2D eigenvalue weighted by atomic mass is 9.95. The van der Waals surface area contributed by atoms with Gasteiger partial charge in [-0.2, -0.15) is 10.2 Å². The molecule has 3 aliphatic rings. The van der Waals surface area contributed by atoms with E-state index in [0.717, 1.165) is 38.0 Å².